The summed E-state index contributed by atoms with van der Waals surface area (Å²) in [5.74, 6) is 0.0368. The molecule has 2 atom stereocenters. The van der Waals surface area contributed by atoms with E-state index in [1.54, 1.807) is 11.3 Å². The molecular weight excluding hydrogens is 356 g/mol. The standard InChI is InChI=1S/C18H26N4OS.ClH/c1-4-13(2)17(19)18(23)21-15-7-5-6-14(8-15)9-22(3)10-16-11-24-12-20-16;/h5-8,11-13,17H,4,9-10,19H2,1-3H3,(H,21,23);1H. The highest BCUT2D eigenvalue weighted by molar-refractivity contribution is 7.07. The Morgan fingerprint density at radius 1 is 1.40 bits per heavy atom. The largest absolute Gasteiger partial charge is 0.325 e. The molecular formula is C18H27ClN4OS. The van der Waals surface area contributed by atoms with Gasteiger partial charge < -0.3 is 11.1 Å². The number of anilines is 1. The summed E-state index contributed by atoms with van der Waals surface area (Å²) in [6.45, 7) is 5.63. The molecule has 0 spiro atoms. The van der Waals surface area contributed by atoms with Gasteiger partial charge in [0.2, 0.25) is 5.91 Å². The first-order chi connectivity index (χ1) is 11.5. The first kappa shape index (κ1) is 21.6. The molecule has 7 heteroatoms. The van der Waals surface area contributed by atoms with Crippen molar-refractivity contribution in [2.24, 2.45) is 11.7 Å². The first-order valence-corrected chi connectivity index (χ1v) is 9.15. The molecule has 2 aromatic rings. The molecule has 1 heterocycles. The van der Waals surface area contributed by atoms with Crippen LogP contribution in [0.5, 0.6) is 0 Å². The van der Waals surface area contributed by atoms with Gasteiger partial charge in [-0.2, -0.15) is 0 Å². The third kappa shape index (κ3) is 6.74. The maximum Gasteiger partial charge on any atom is 0.241 e. The second-order valence-corrected chi connectivity index (χ2v) is 6.97. The fraction of sp³-hybridized carbons (Fsp3) is 0.444. The number of nitrogens with one attached hydrogen (secondary N) is 1. The number of benzene rings is 1. The lowest BCUT2D eigenvalue weighted by Gasteiger charge is -2.19. The highest BCUT2D eigenvalue weighted by Gasteiger charge is 2.19. The van der Waals surface area contributed by atoms with E-state index in [4.69, 9.17) is 5.73 Å². The van der Waals surface area contributed by atoms with Gasteiger partial charge in [0.25, 0.3) is 0 Å². The molecule has 5 nitrogen and oxygen atoms in total. The van der Waals surface area contributed by atoms with Crippen molar-refractivity contribution in [3.05, 3.63) is 46.4 Å². The second kappa shape index (κ2) is 10.5. The number of carbonyl (C=O) groups excluding carboxylic acids is 1. The van der Waals surface area contributed by atoms with Gasteiger partial charge in [0, 0.05) is 24.2 Å². The molecule has 2 unspecified atom stereocenters. The minimum atomic E-state index is -0.481. The molecule has 1 aromatic carbocycles. The average Bonchev–Trinajstić information content (AvgIpc) is 3.06. The van der Waals surface area contributed by atoms with Crippen LogP contribution in [0.2, 0.25) is 0 Å². The van der Waals surface area contributed by atoms with Gasteiger partial charge in [-0.1, -0.05) is 32.4 Å². The van der Waals surface area contributed by atoms with Crippen molar-refractivity contribution in [1.29, 1.82) is 0 Å². The number of halogens is 1. The maximum atomic E-state index is 12.2. The number of thiazole rings is 1. The van der Waals surface area contributed by atoms with Crippen LogP contribution in [0.15, 0.2) is 35.2 Å². The Balaban J connectivity index is 0.00000312. The van der Waals surface area contributed by atoms with E-state index in [-0.39, 0.29) is 24.2 Å². The number of aromatic nitrogens is 1. The molecule has 2 rings (SSSR count). The predicted molar refractivity (Wildman–Crippen MR) is 107 cm³/mol. The molecule has 1 aromatic heterocycles. The number of amides is 1. The van der Waals surface area contributed by atoms with Gasteiger partial charge in [-0.3, -0.25) is 9.69 Å². The summed E-state index contributed by atoms with van der Waals surface area (Å²) in [6, 6.07) is 7.42. The summed E-state index contributed by atoms with van der Waals surface area (Å²) in [5, 5.41) is 4.98. The van der Waals surface area contributed by atoms with Gasteiger partial charge >= 0.3 is 0 Å². The van der Waals surface area contributed by atoms with Crippen molar-refractivity contribution in [2.75, 3.05) is 12.4 Å². The summed E-state index contributed by atoms with van der Waals surface area (Å²) in [7, 11) is 2.06. The van der Waals surface area contributed by atoms with E-state index >= 15 is 0 Å². The number of hydrogen-bond donors (Lipinski definition) is 2. The van der Waals surface area contributed by atoms with Crippen LogP contribution < -0.4 is 11.1 Å². The number of nitrogens with two attached hydrogens (primary N) is 1. The molecule has 25 heavy (non-hydrogen) atoms. The van der Waals surface area contributed by atoms with Crippen LogP contribution in [0.4, 0.5) is 5.69 Å². The van der Waals surface area contributed by atoms with Crippen LogP contribution in [-0.2, 0) is 17.9 Å². The molecule has 0 aliphatic carbocycles. The monoisotopic (exact) mass is 382 g/mol. The topological polar surface area (TPSA) is 71.2 Å². The third-order valence-corrected chi connectivity index (χ3v) is 4.76. The Hall–Kier alpha value is -1.47. The minimum Gasteiger partial charge on any atom is -0.325 e. The van der Waals surface area contributed by atoms with Crippen molar-refractivity contribution in [3.63, 3.8) is 0 Å². The molecule has 0 fully saturated rings. The molecule has 0 saturated heterocycles. The first-order valence-electron chi connectivity index (χ1n) is 8.20. The van der Waals surface area contributed by atoms with E-state index in [1.165, 1.54) is 0 Å². The highest BCUT2D eigenvalue weighted by Crippen LogP contribution is 2.15. The Kier molecular flexibility index (Phi) is 9.06. The number of rotatable bonds is 8. The van der Waals surface area contributed by atoms with E-state index in [1.807, 2.05) is 37.6 Å². The van der Waals surface area contributed by atoms with Gasteiger partial charge in [0.05, 0.1) is 17.2 Å². The van der Waals surface area contributed by atoms with E-state index in [2.05, 4.69) is 33.7 Å². The van der Waals surface area contributed by atoms with Crippen LogP contribution in [0.25, 0.3) is 0 Å². The summed E-state index contributed by atoms with van der Waals surface area (Å²) in [4.78, 5) is 18.7. The predicted octanol–water partition coefficient (Wildman–Crippen LogP) is 3.51. The molecule has 0 aliphatic heterocycles. The van der Waals surface area contributed by atoms with Gasteiger partial charge in [-0.25, -0.2) is 4.98 Å². The van der Waals surface area contributed by atoms with Gasteiger partial charge in [-0.15, -0.1) is 23.7 Å². The van der Waals surface area contributed by atoms with Gasteiger partial charge in [-0.05, 0) is 30.7 Å². The third-order valence-electron chi connectivity index (χ3n) is 4.12. The molecule has 0 aliphatic rings. The van der Waals surface area contributed by atoms with Crippen molar-refractivity contribution in [3.8, 4) is 0 Å². The van der Waals surface area contributed by atoms with Gasteiger partial charge in [0.15, 0.2) is 0 Å². The summed E-state index contributed by atoms with van der Waals surface area (Å²) in [6.07, 6.45) is 0.885. The van der Waals surface area contributed by atoms with Gasteiger partial charge in [0.1, 0.15) is 0 Å². The number of carbonyl (C=O) groups is 1. The zero-order valence-corrected chi connectivity index (χ0v) is 16.6. The van der Waals surface area contributed by atoms with Crippen molar-refractivity contribution in [2.45, 2.75) is 39.4 Å². The lowest BCUT2D eigenvalue weighted by molar-refractivity contribution is -0.118. The summed E-state index contributed by atoms with van der Waals surface area (Å²) in [5.41, 5.74) is 10.8. The molecule has 3 N–H and O–H groups in total. The van der Waals surface area contributed by atoms with E-state index < -0.39 is 6.04 Å². The fourth-order valence-corrected chi connectivity index (χ4v) is 2.99. The maximum absolute atomic E-state index is 12.2. The second-order valence-electron chi connectivity index (χ2n) is 6.25. The smallest absolute Gasteiger partial charge is 0.241 e. The summed E-state index contributed by atoms with van der Waals surface area (Å²) < 4.78 is 0. The van der Waals surface area contributed by atoms with E-state index in [0.717, 1.165) is 36.5 Å². The Bertz CT molecular complexity index is 650. The fourth-order valence-electron chi connectivity index (χ4n) is 2.45. The molecule has 0 saturated carbocycles. The number of hydrogen-bond acceptors (Lipinski definition) is 5. The molecule has 1 amide bonds. The van der Waals surface area contributed by atoms with Crippen LogP contribution in [0, 0.1) is 5.92 Å². The van der Waals surface area contributed by atoms with Crippen molar-refractivity contribution >= 4 is 35.3 Å². The quantitative estimate of drug-likeness (QED) is 0.732. The summed E-state index contributed by atoms with van der Waals surface area (Å²) >= 11 is 1.61. The van der Waals surface area contributed by atoms with Crippen molar-refractivity contribution < 1.29 is 4.79 Å². The van der Waals surface area contributed by atoms with Crippen LogP contribution in [0.1, 0.15) is 31.5 Å². The zero-order valence-electron chi connectivity index (χ0n) is 14.9. The molecule has 0 bridgehead atoms. The van der Waals surface area contributed by atoms with E-state index in [9.17, 15) is 4.79 Å². The van der Waals surface area contributed by atoms with Crippen molar-refractivity contribution in [1.82, 2.24) is 9.88 Å². The minimum absolute atomic E-state index is 0. The molecule has 138 valence electrons. The van der Waals surface area contributed by atoms with Crippen LogP contribution in [-0.4, -0.2) is 28.9 Å². The lowest BCUT2D eigenvalue weighted by atomic mass is 9.99. The average molecular weight is 383 g/mol. The molecule has 0 radical (unpaired) electrons. The zero-order chi connectivity index (χ0) is 17.5. The SMILES string of the molecule is CCC(C)C(N)C(=O)Nc1cccc(CN(C)Cc2cscn2)c1.Cl. The lowest BCUT2D eigenvalue weighted by Crippen LogP contribution is -2.40. The Morgan fingerprint density at radius 3 is 2.80 bits per heavy atom. The highest BCUT2D eigenvalue weighted by atomic mass is 35.5. The van der Waals surface area contributed by atoms with E-state index in [0.29, 0.717) is 0 Å². The normalized spacial score (nSPS) is 13.2. The van der Waals surface area contributed by atoms with Crippen LogP contribution >= 0.6 is 23.7 Å². The number of nitrogens with zero attached hydrogens (tertiary/aromatic N) is 2. The Labute approximate surface area is 160 Å². The van der Waals surface area contributed by atoms with Crippen LogP contribution in [0.3, 0.4) is 0 Å². The Morgan fingerprint density at radius 2 is 2.16 bits per heavy atom.